The van der Waals surface area contributed by atoms with Crippen molar-refractivity contribution < 1.29 is 10.2 Å². The first-order chi connectivity index (χ1) is 9.71. The van der Waals surface area contributed by atoms with Gasteiger partial charge < -0.3 is 10.2 Å². The van der Waals surface area contributed by atoms with Crippen LogP contribution in [0.1, 0.15) is 19.3 Å². The topological polar surface area (TPSA) is 40.5 Å². The zero-order valence-corrected chi connectivity index (χ0v) is 12.3. The van der Waals surface area contributed by atoms with E-state index in [-0.39, 0.29) is 0 Å². The number of hydrogen-bond donors (Lipinski definition) is 2. The smallest absolute Gasteiger partial charge is 0.115 e. The fraction of sp³-hybridized carbons (Fsp3) is 0.294. The van der Waals surface area contributed by atoms with E-state index in [1.54, 1.807) is 24.3 Å². The monoisotopic (exact) mass is 288 g/mol. The van der Waals surface area contributed by atoms with E-state index in [1.807, 2.05) is 0 Å². The van der Waals surface area contributed by atoms with Crippen LogP contribution in [0, 0.1) is 0 Å². The molecule has 0 radical (unpaired) electrons. The van der Waals surface area contributed by atoms with Crippen LogP contribution in [0.15, 0.2) is 58.3 Å². The van der Waals surface area contributed by atoms with Crippen LogP contribution in [-0.4, -0.2) is 21.7 Å². The quantitative estimate of drug-likeness (QED) is 0.854. The Hall–Kier alpha value is -1.61. The van der Waals surface area contributed by atoms with Crippen molar-refractivity contribution in [3.63, 3.8) is 0 Å². The zero-order valence-electron chi connectivity index (χ0n) is 11.5. The molecule has 20 heavy (non-hydrogen) atoms. The molecule has 0 saturated carbocycles. The summed E-state index contributed by atoms with van der Waals surface area (Å²) in [4.78, 5) is 2.70. The molecule has 1 heterocycles. The van der Waals surface area contributed by atoms with Crippen LogP contribution in [0.4, 0.5) is 0 Å². The summed E-state index contributed by atoms with van der Waals surface area (Å²) in [6.07, 6.45) is 3.83. The van der Waals surface area contributed by atoms with Crippen LogP contribution in [0.25, 0.3) is 0 Å². The summed E-state index contributed by atoms with van der Waals surface area (Å²) in [6.45, 7) is 0. The minimum absolute atomic E-state index is 0.324. The second kappa shape index (κ2) is 5.41. The molecule has 0 aromatic heterocycles. The first kappa shape index (κ1) is 13.4. The average Bonchev–Trinajstić information content (AvgIpc) is 2.49. The SMILES string of the molecule is Oc1ccc(S2(c3ccc(O)cc3)CCCCC2)cc1. The van der Waals surface area contributed by atoms with Gasteiger partial charge in [-0.15, -0.1) is 0 Å². The Morgan fingerprint density at radius 1 is 0.600 bits per heavy atom. The lowest BCUT2D eigenvalue weighted by Gasteiger charge is -2.44. The third-order valence-corrected chi connectivity index (χ3v) is 8.38. The molecule has 2 aromatic rings. The van der Waals surface area contributed by atoms with E-state index in [0.717, 1.165) is 0 Å². The van der Waals surface area contributed by atoms with Crippen molar-refractivity contribution in [2.45, 2.75) is 29.1 Å². The van der Waals surface area contributed by atoms with Crippen LogP contribution in [-0.2, 0) is 0 Å². The van der Waals surface area contributed by atoms with Gasteiger partial charge in [-0.1, -0.05) is 6.42 Å². The Morgan fingerprint density at radius 2 is 1.00 bits per heavy atom. The van der Waals surface area contributed by atoms with E-state index in [0.29, 0.717) is 11.5 Å². The molecule has 3 heteroatoms. The Labute approximate surface area is 121 Å². The van der Waals surface area contributed by atoms with Crippen LogP contribution in [0.3, 0.4) is 0 Å². The lowest BCUT2D eigenvalue weighted by atomic mass is 10.3. The van der Waals surface area contributed by atoms with E-state index >= 15 is 0 Å². The van der Waals surface area contributed by atoms with Gasteiger partial charge in [-0.2, -0.15) is 10.0 Å². The van der Waals surface area contributed by atoms with Gasteiger partial charge in [-0.25, -0.2) is 0 Å². The van der Waals surface area contributed by atoms with E-state index in [2.05, 4.69) is 24.3 Å². The van der Waals surface area contributed by atoms with Gasteiger partial charge in [0.05, 0.1) is 0 Å². The van der Waals surface area contributed by atoms with Crippen LogP contribution < -0.4 is 0 Å². The normalized spacial score (nSPS) is 19.4. The zero-order chi connectivity index (χ0) is 14.0. The summed E-state index contributed by atoms with van der Waals surface area (Å²) in [5.74, 6) is 3.07. The molecule has 0 spiro atoms. The Balaban J connectivity index is 2.08. The lowest BCUT2D eigenvalue weighted by Crippen LogP contribution is -2.16. The molecule has 2 N–H and O–H groups in total. The van der Waals surface area contributed by atoms with E-state index in [4.69, 9.17) is 0 Å². The average molecular weight is 288 g/mol. The van der Waals surface area contributed by atoms with Crippen molar-refractivity contribution in [3.05, 3.63) is 48.5 Å². The molecule has 0 atom stereocenters. The number of aromatic hydroxyl groups is 2. The van der Waals surface area contributed by atoms with E-state index in [1.165, 1.54) is 40.6 Å². The van der Waals surface area contributed by atoms with Gasteiger partial charge in [0.1, 0.15) is 11.5 Å². The third kappa shape index (κ3) is 2.38. The highest BCUT2D eigenvalue weighted by molar-refractivity contribution is 8.33. The van der Waals surface area contributed by atoms with Crippen molar-refractivity contribution >= 4 is 10.0 Å². The summed E-state index contributed by atoms with van der Waals surface area (Å²) in [6, 6.07) is 15.5. The lowest BCUT2D eigenvalue weighted by molar-refractivity contribution is 0.474. The molecule has 0 aliphatic carbocycles. The number of rotatable bonds is 2. The summed E-state index contributed by atoms with van der Waals surface area (Å²) < 4.78 is 0. The maximum atomic E-state index is 9.52. The Bertz CT molecular complexity index is 521. The van der Waals surface area contributed by atoms with Crippen LogP contribution in [0.2, 0.25) is 0 Å². The standard InChI is InChI=1S/C17H20O2S/c18-14-4-8-16(9-5-14)20(12-2-1-3-13-20)17-10-6-15(19)7-11-17/h4-11,18-19H,1-3,12-13H2. The van der Waals surface area contributed by atoms with Crippen molar-refractivity contribution in [1.82, 2.24) is 0 Å². The largest absolute Gasteiger partial charge is 0.508 e. The van der Waals surface area contributed by atoms with Crippen molar-refractivity contribution in [1.29, 1.82) is 0 Å². The van der Waals surface area contributed by atoms with Crippen LogP contribution >= 0.6 is 10.0 Å². The third-order valence-electron chi connectivity index (χ3n) is 4.06. The molecule has 2 nitrogen and oxygen atoms in total. The summed E-state index contributed by atoms with van der Waals surface area (Å²) in [5, 5.41) is 19.0. The number of phenolic OH excluding ortho intramolecular Hbond substituents is 2. The molecule has 0 bridgehead atoms. The molecule has 1 aliphatic heterocycles. The summed E-state index contributed by atoms with van der Waals surface area (Å²) >= 11 is 0. The van der Waals surface area contributed by atoms with Gasteiger partial charge in [-0.3, -0.25) is 0 Å². The van der Waals surface area contributed by atoms with Gasteiger partial charge in [0.2, 0.25) is 0 Å². The fourth-order valence-corrected chi connectivity index (χ4v) is 7.12. The molecule has 1 fully saturated rings. The molecule has 1 aliphatic rings. The molecular weight excluding hydrogens is 268 g/mol. The second-order valence-electron chi connectivity index (χ2n) is 5.34. The van der Waals surface area contributed by atoms with Crippen LogP contribution in [0.5, 0.6) is 11.5 Å². The van der Waals surface area contributed by atoms with Crippen molar-refractivity contribution in [2.24, 2.45) is 0 Å². The molecule has 1 saturated heterocycles. The first-order valence-corrected chi connectivity index (χ1v) is 9.05. The van der Waals surface area contributed by atoms with E-state index in [9.17, 15) is 10.2 Å². The highest BCUT2D eigenvalue weighted by Gasteiger charge is 2.30. The first-order valence-electron chi connectivity index (χ1n) is 7.08. The number of hydrogen-bond acceptors (Lipinski definition) is 2. The maximum Gasteiger partial charge on any atom is 0.115 e. The summed E-state index contributed by atoms with van der Waals surface area (Å²) in [5.41, 5.74) is 0. The number of benzene rings is 2. The summed E-state index contributed by atoms with van der Waals surface area (Å²) in [7, 11) is -1.01. The molecule has 2 aromatic carbocycles. The van der Waals surface area contributed by atoms with Gasteiger partial charge >= 0.3 is 0 Å². The van der Waals surface area contributed by atoms with Gasteiger partial charge in [0.25, 0.3) is 0 Å². The molecule has 0 unspecified atom stereocenters. The van der Waals surface area contributed by atoms with Gasteiger partial charge in [0, 0.05) is 0 Å². The maximum absolute atomic E-state index is 9.52. The molecular formula is C17H20O2S. The predicted molar refractivity (Wildman–Crippen MR) is 83.9 cm³/mol. The minimum Gasteiger partial charge on any atom is -0.508 e. The Morgan fingerprint density at radius 3 is 1.40 bits per heavy atom. The fourth-order valence-electron chi connectivity index (χ4n) is 3.00. The predicted octanol–water partition coefficient (Wildman–Crippen LogP) is 4.50. The van der Waals surface area contributed by atoms with Gasteiger partial charge in [-0.05, 0) is 82.7 Å². The highest BCUT2D eigenvalue weighted by Crippen LogP contribution is 2.65. The number of phenols is 2. The molecule has 3 rings (SSSR count). The van der Waals surface area contributed by atoms with E-state index < -0.39 is 10.0 Å². The molecule has 106 valence electrons. The molecule has 0 amide bonds. The minimum atomic E-state index is -1.01. The second-order valence-corrected chi connectivity index (χ2v) is 8.87. The van der Waals surface area contributed by atoms with Crippen molar-refractivity contribution in [3.8, 4) is 11.5 Å². The van der Waals surface area contributed by atoms with Gasteiger partial charge in [0.15, 0.2) is 0 Å². The van der Waals surface area contributed by atoms with Crippen molar-refractivity contribution in [2.75, 3.05) is 11.5 Å². The Kier molecular flexibility index (Phi) is 3.62. The highest BCUT2D eigenvalue weighted by atomic mass is 32.3.